The summed E-state index contributed by atoms with van der Waals surface area (Å²) in [5.74, 6) is 0.772. The van der Waals surface area contributed by atoms with E-state index in [1.807, 2.05) is 74.4 Å². The van der Waals surface area contributed by atoms with Crippen molar-refractivity contribution in [1.29, 1.82) is 0 Å². The molecule has 20 aliphatic rings. The average molecular weight is 1960 g/mol. The maximum absolute atomic E-state index is 13.4. The van der Waals surface area contributed by atoms with Crippen molar-refractivity contribution in [3.63, 3.8) is 0 Å². The molecule has 140 heavy (non-hydrogen) atoms. The van der Waals surface area contributed by atoms with Gasteiger partial charge < -0.3 is 85.3 Å². The number of ether oxygens (including phenoxy) is 18. The van der Waals surface area contributed by atoms with Crippen LogP contribution in [0.1, 0.15) is 458 Å². The molecular formula is C116H180O24. The third kappa shape index (κ3) is 26.0. The van der Waals surface area contributed by atoms with E-state index >= 15 is 0 Å². The molecule has 0 N–H and O–H groups in total. The number of hydrogen-bond donors (Lipinski definition) is 0. The van der Waals surface area contributed by atoms with Crippen LogP contribution in [0.5, 0.6) is 0 Å². The van der Waals surface area contributed by atoms with E-state index in [0.29, 0.717) is 74.9 Å². The van der Waals surface area contributed by atoms with E-state index in [1.54, 1.807) is 41.5 Å². The van der Waals surface area contributed by atoms with Crippen molar-refractivity contribution in [1.82, 2.24) is 0 Å². The number of rotatable bonds is 32. The molecule has 24 nitrogen and oxygen atoms in total. The fourth-order valence-corrected chi connectivity index (χ4v) is 29.2. The SMILES string of the molecule is CCC(C)(C)C(=O)OC12CC3CC(OC(=O)OC(C)(C)C)(CC(OC(=O)OC(C)(C)C)(C3)C1)C2.CCC(C)(C)C(=O)OC12CC3CC(OC(C)OC4CCCCC4)(C1)CC(OC(C)OC1CCCCC1)(C3)C2.CCC(C)(C)C(=O)OC12CC3CC(OC(C)c4ccccc4)(C1)CC(OC(C)c1ccccc1)(C3)C2.CCC(C)(C)C(=O)OC12CC3CC(OC4CCCCO4)(C1)CC(OC1CCCCO1)(C3)C2. The molecule has 788 valence electrons. The molecule has 2 heterocycles. The molecule has 2 aliphatic heterocycles. The van der Waals surface area contributed by atoms with Gasteiger partial charge in [-0.25, -0.2) is 9.59 Å². The Kier molecular flexibility index (Phi) is 32.5. The summed E-state index contributed by atoms with van der Waals surface area (Å²) in [6.45, 7) is 44.4. The summed E-state index contributed by atoms with van der Waals surface area (Å²) < 4.78 is 115. The van der Waals surface area contributed by atoms with Crippen LogP contribution in [0.25, 0.3) is 0 Å². The van der Waals surface area contributed by atoms with Gasteiger partial charge in [0.05, 0.1) is 79.7 Å². The van der Waals surface area contributed by atoms with Crippen molar-refractivity contribution in [2.24, 2.45) is 45.3 Å². The molecule has 0 amide bonds. The molecule has 18 aliphatic carbocycles. The average Bonchev–Trinajstić information content (AvgIpc) is 0.709. The molecule has 2 aromatic carbocycles. The molecule has 22 rings (SSSR count). The second kappa shape index (κ2) is 41.9. The number of carbonyl (C=O) groups excluding carboxylic acids is 6. The van der Waals surface area contributed by atoms with Gasteiger partial charge in [0.15, 0.2) is 25.2 Å². The first kappa shape index (κ1) is 109. The molecule has 24 heteroatoms. The zero-order valence-corrected chi connectivity index (χ0v) is 90.0. The Morgan fingerprint density at radius 1 is 0.300 bits per heavy atom. The lowest BCUT2D eigenvalue weighted by molar-refractivity contribution is -0.344. The van der Waals surface area contributed by atoms with Crippen LogP contribution in [-0.2, 0) is 104 Å². The highest BCUT2D eigenvalue weighted by Gasteiger charge is 2.73. The van der Waals surface area contributed by atoms with Gasteiger partial charge in [0.2, 0.25) is 0 Å². The Labute approximate surface area is 838 Å². The van der Waals surface area contributed by atoms with Crippen LogP contribution in [0.15, 0.2) is 60.7 Å². The van der Waals surface area contributed by atoms with Crippen molar-refractivity contribution >= 4 is 36.2 Å². The molecule has 2 aromatic rings. The van der Waals surface area contributed by atoms with E-state index in [0.717, 1.165) is 212 Å². The first-order chi connectivity index (χ1) is 65.7. The molecular weight excluding hydrogens is 1780 g/mol. The summed E-state index contributed by atoms with van der Waals surface area (Å²) in [4.78, 5) is 78.5. The summed E-state index contributed by atoms with van der Waals surface area (Å²) in [7, 11) is 0. The van der Waals surface area contributed by atoms with Gasteiger partial charge in [-0.05, 0) is 326 Å². The molecule has 14 unspecified atom stereocenters. The Balaban J connectivity index is 0.000000141. The van der Waals surface area contributed by atoms with Crippen LogP contribution in [0.4, 0.5) is 9.59 Å². The zero-order chi connectivity index (χ0) is 101. The van der Waals surface area contributed by atoms with Gasteiger partial charge in [0.1, 0.15) is 44.8 Å². The third-order valence-electron chi connectivity index (χ3n) is 35.2. The van der Waals surface area contributed by atoms with E-state index in [2.05, 4.69) is 97.0 Å². The minimum Gasteiger partial charge on any atom is -0.458 e. The second-order valence-electron chi connectivity index (χ2n) is 52.2. The molecule has 16 bridgehead atoms. The Morgan fingerprint density at radius 3 is 0.807 bits per heavy atom. The third-order valence-corrected chi connectivity index (χ3v) is 35.2. The van der Waals surface area contributed by atoms with E-state index in [1.165, 1.54) is 49.7 Å². The van der Waals surface area contributed by atoms with Gasteiger partial charge in [0.25, 0.3) is 0 Å². The van der Waals surface area contributed by atoms with Gasteiger partial charge in [-0.15, -0.1) is 0 Å². The van der Waals surface area contributed by atoms with Crippen LogP contribution in [-0.4, -0.2) is 165 Å². The highest BCUT2D eigenvalue weighted by molar-refractivity contribution is 5.78. The van der Waals surface area contributed by atoms with E-state index in [9.17, 15) is 28.8 Å². The lowest BCUT2D eigenvalue weighted by Gasteiger charge is -2.65. The van der Waals surface area contributed by atoms with E-state index in [-0.39, 0.29) is 89.6 Å². The lowest BCUT2D eigenvalue weighted by atomic mass is 9.50. The van der Waals surface area contributed by atoms with Gasteiger partial charge in [0, 0.05) is 90.3 Å². The lowest BCUT2D eigenvalue weighted by Crippen LogP contribution is -2.69. The monoisotopic (exact) mass is 1960 g/mol. The second-order valence-corrected chi connectivity index (χ2v) is 52.2. The summed E-state index contributed by atoms with van der Waals surface area (Å²) >= 11 is 0. The maximum atomic E-state index is 13.4. The van der Waals surface area contributed by atoms with E-state index in [4.69, 9.17) is 85.3 Å². The Hall–Kier alpha value is -5.54. The van der Waals surface area contributed by atoms with Crippen molar-refractivity contribution in [2.45, 2.75) is 563 Å². The predicted octanol–water partition coefficient (Wildman–Crippen LogP) is 26.7. The number of benzene rings is 2. The minimum atomic E-state index is -0.944. The largest absolute Gasteiger partial charge is 0.509 e. The van der Waals surface area contributed by atoms with Crippen molar-refractivity contribution in [3.8, 4) is 0 Å². The summed E-state index contributed by atoms with van der Waals surface area (Å²) in [5.41, 5.74) is -7.73. The van der Waals surface area contributed by atoms with Crippen LogP contribution in [0.2, 0.25) is 0 Å². The number of hydrogen-bond acceptors (Lipinski definition) is 24. The molecule has 0 spiro atoms. The quantitative estimate of drug-likeness (QED) is 0.0374. The van der Waals surface area contributed by atoms with Crippen molar-refractivity contribution < 1.29 is 114 Å². The van der Waals surface area contributed by atoms with Gasteiger partial charge in [-0.1, -0.05) is 127 Å². The van der Waals surface area contributed by atoms with Gasteiger partial charge >= 0.3 is 36.2 Å². The highest BCUT2D eigenvalue weighted by Crippen LogP contribution is 2.70. The maximum Gasteiger partial charge on any atom is 0.509 e. The first-order valence-electron chi connectivity index (χ1n) is 55.1. The summed E-state index contributed by atoms with van der Waals surface area (Å²) in [6, 6.07) is 20.9. The smallest absolute Gasteiger partial charge is 0.458 e. The van der Waals surface area contributed by atoms with E-state index < -0.39 is 90.0 Å². The first-order valence-corrected chi connectivity index (χ1v) is 55.1. The molecule has 18 saturated carbocycles. The predicted molar refractivity (Wildman–Crippen MR) is 531 cm³/mol. The fourth-order valence-electron chi connectivity index (χ4n) is 29.2. The molecule has 0 radical (unpaired) electrons. The topological polar surface area (TPSA) is 269 Å². The molecule has 20 fully saturated rings. The number of esters is 4. The Morgan fingerprint density at radius 2 is 0.536 bits per heavy atom. The normalized spacial score (nSPS) is 36.6. The minimum absolute atomic E-state index is 0.0362. The standard InChI is InChI=1S/C32H54O6.C32H42O4.C26H42O8.C26H42O6/c1-6-29(4,5)28(33)38-32-19-25-17-30(21-32,36-23(2)34-26-13-9-7-10-14-26)20-31(18-25,22-32)37-24(3)35-27-15-11-8-12-16-27;1-6-29(4,5)28(33)36-32-19-25-17-30(21-32,34-23(2)26-13-9-7-10-14-26)20-31(18-25,22-32)35-24(3)27-15-11-8-12-16-27;1-10-23(8,9)18(27)30-24-11-17-12-25(14-24,33-19(28)31-21(2,3)4)16-26(13-17,15-24)34-20(29)32-22(5,6)7;1-4-23(2,3)22(27)32-26-15-19-13-24(17-26,30-20-9-5-7-11-28-20)16-25(14-19,18-26)31-21-10-6-8-12-29-21/h23-27H,6-22H2,1-5H3;7-16,23-25H,6,17-22H2,1-5H3;17H,10-16H2,1-9H3;19-21H,4-18H2,1-3H3. The van der Waals surface area contributed by atoms with Crippen LogP contribution >= 0.6 is 0 Å². The summed E-state index contributed by atoms with van der Waals surface area (Å²) in [5, 5.41) is 0. The fraction of sp³-hybridized carbons (Fsp3) is 0.845. The van der Waals surface area contributed by atoms with Gasteiger partial charge in [-0.2, -0.15) is 0 Å². The van der Waals surface area contributed by atoms with Crippen LogP contribution in [0.3, 0.4) is 0 Å². The Bertz CT molecular complexity index is 4330. The highest BCUT2D eigenvalue weighted by atomic mass is 16.8. The van der Waals surface area contributed by atoms with Crippen molar-refractivity contribution in [3.05, 3.63) is 71.8 Å². The van der Waals surface area contributed by atoms with Crippen LogP contribution in [0, 0.1) is 45.3 Å². The van der Waals surface area contributed by atoms with Crippen LogP contribution < -0.4 is 0 Å². The number of carbonyl (C=O) groups is 6. The summed E-state index contributed by atoms with van der Waals surface area (Å²) in [6.07, 6.45) is 38.2. The van der Waals surface area contributed by atoms with Gasteiger partial charge in [-0.3, -0.25) is 19.2 Å². The zero-order valence-electron chi connectivity index (χ0n) is 90.0. The molecule has 0 aromatic heterocycles. The molecule has 14 atom stereocenters. The molecule has 2 saturated heterocycles. The van der Waals surface area contributed by atoms with Crippen molar-refractivity contribution in [2.75, 3.05) is 13.2 Å².